The molecule has 168 valence electrons. The lowest BCUT2D eigenvalue weighted by atomic mass is 9.79. The number of β-lactam (4-membered cyclic amide) rings is 1. The van der Waals surface area contributed by atoms with E-state index in [9.17, 15) is 19.8 Å². The van der Waals surface area contributed by atoms with Crippen molar-refractivity contribution >= 4 is 34.5 Å². The molecular weight excluding hydrogens is 438 g/mol. The van der Waals surface area contributed by atoms with E-state index < -0.39 is 17.3 Å². The number of rotatable bonds is 8. The zero-order valence-electron chi connectivity index (χ0n) is 17.7. The fourth-order valence-electron chi connectivity index (χ4n) is 5.26. The Balaban J connectivity index is 1.67. The second-order valence-electron chi connectivity index (χ2n) is 8.87. The second-order valence-corrected chi connectivity index (χ2v) is 10.7. The number of halogens is 1. The van der Waals surface area contributed by atoms with Crippen molar-refractivity contribution in [2.75, 3.05) is 13.2 Å². The Kier molecular flexibility index (Phi) is 6.47. The fourth-order valence-corrected chi connectivity index (χ4v) is 7.24. The average Bonchev–Trinajstić information content (AvgIpc) is 3.20. The molecule has 0 bridgehead atoms. The lowest BCUT2D eigenvalue weighted by Gasteiger charge is -2.46. The number of nitrogens with zero attached hydrogens (tertiary/aromatic N) is 2. The predicted octanol–water partition coefficient (Wildman–Crippen LogP) is 1.02. The third kappa shape index (κ3) is 4.04. The topological polar surface area (TPSA) is 93.8 Å². The molecule has 1 unspecified atom stereocenters. The van der Waals surface area contributed by atoms with Crippen LogP contribution < -0.4 is 9.88 Å². The lowest BCUT2D eigenvalue weighted by molar-refractivity contribution is -0.700. The Labute approximate surface area is 191 Å². The van der Waals surface area contributed by atoms with Gasteiger partial charge in [-0.25, -0.2) is 4.57 Å². The van der Waals surface area contributed by atoms with Crippen molar-refractivity contribution in [3.8, 4) is 0 Å². The van der Waals surface area contributed by atoms with Gasteiger partial charge in [0.2, 0.25) is 5.91 Å². The summed E-state index contributed by atoms with van der Waals surface area (Å²) in [6.07, 6.45) is 4.74. The van der Waals surface area contributed by atoms with E-state index in [1.54, 1.807) is 18.7 Å². The second kappa shape index (κ2) is 8.83. The molecule has 6 atom stereocenters. The van der Waals surface area contributed by atoms with Crippen LogP contribution in [0.5, 0.6) is 0 Å². The van der Waals surface area contributed by atoms with Crippen molar-refractivity contribution in [2.45, 2.75) is 56.2 Å². The minimum atomic E-state index is -0.775. The third-order valence-electron chi connectivity index (χ3n) is 6.68. The number of amides is 1. The Hall–Kier alpha value is -1.45. The third-order valence-corrected chi connectivity index (χ3v) is 8.52. The summed E-state index contributed by atoms with van der Waals surface area (Å²) in [5.74, 6) is -0.836. The highest BCUT2D eigenvalue weighted by molar-refractivity contribution is 8.04. The van der Waals surface area contributed by atoms with Gasteiger partial charge in [-0.05, 0) is 31.4 Å². The highest BCUT2D eigenvalue weighted by Gasteiger charge is 2.61. The van der Waals surface area contributed by atoms with Gasteiger partial charge in [-0.1, -0.05) is 13.0 Å². The lowest BCUT2D eigenvalue weighted by Crippen LogP contribution is -2.63. The van der Waals surface area contributed by atoms with Crippen LogP contribution in [-0.4, -0.2) is 62.3 Å². The molecule has 9 heteroatoms. The van der Waals surface area contributed by atoms with E-state index in [0.29, 0.717) is 19.5 Å². The standard InChI is InChI=1S/C22H29ClN3O4S/c1-13-17-16(14(2)28)21(30)26(17)18(20(23)29)19(13)31-22(10-15(6-9-27)24-11-22)12-25-7-4-3-5-8-25/h3-5,7-8,13-17,24,27-28H,6,9-12H2,1-2H3/q+1/t13-,14-,15?,16-,17-,22+/m1/s1. The summed E-state index contributed by atoms with van der Waals surface area (Å²) in [6.45, 7) is 5.16. The molecule has 4 heterocycles. The number of hydrogen-bond donors (Lipinski definition) is 3. The summed E-state index contributed by atoms with van der Waals surface area (Å²) in [4.78, 5) is 27.4. The van der Waals surface area contributed by atoms with Gasteiger partial charge >= 0.3 is 0 Å². The molecule has 4 rings (SSSR count). The molecule has 7 nitrogen and oxygen atoms in total. The van der Waals surface area contributed by atoms with Crippen molar-refractivity contribution in [3.63, 3.8) is 0 Å². The number of nitrogens with one attached hydrogen (secondary N) is 1. The number of thioether (sulfide) groups is 1. The number of aliphatic hydroxyl groups is 2. The summed E-state index contributed by atoms with van der Waals surface area (Å²) in [6, 6.07) is 5.87. The molecule has 3 N–H and O–H groups in total. The summed E-state index contributed by atoms with van der Waals surface area (Å²) in [7, 11) is 0. The van der Waals surface area contributed by atoms with Crippen LogP contribution in [0.25, 0.3) is 0 Å². The molecule has 31 heavy (non-hydrogen) atoms. The average molecular weight is 467 g/mol. The van der Waals surface area contributed by atoms with Crippen LogP contribution in [0, 0.1) is 11.8 Å². The smallest absolute Gasteiger partial charge is 0.269 e. The van der Waals surface area contributed by atoms with Crippen molar-refractivity contribution in [1.29, 1.82) is 0 Å². The summed E-state index contributed by atoms with van der Waals surface area (Å²) in [5, 5.41) is 22.4. The SMILES string of the molecule is C[C@@H](O)[C@H]1C(=O)N2C(C(=O)Cl)=C(S[C@]3(C[n+]4ccccc4)CNC(CCO)C3)[C@H](C)[C@H]12. The van der Waals surface area contributed by atoms with E-state index in [4.69, 9.17) is 11.6 Å². The van der Waals surface area contributed by atoms with Crippen LogP contribution in [0.15, 0.2) is 41.2 Å². The van der Waals surface area contributed by atoms with E-state index in [1.807, 2.05) is 37.5 Å². The maximum absolute atomic E-state index is 12.7. The molecule has 0 aromatic carbocycles. The van der Waals surface area contributed by atoms with Crippen LogP contribution in [0.1, 0.15) is 26.7 Å². The number of carbonyl (C=O) groups is 2. The maximum atomic E-state index is 12.7. The van der Waals surface area contributed by atoms with Gasteiger partial charge in [-0.15, -0.1) is 11.8 Å². The Morgan fingerprint density at radius 1 is 1.42 bits per heavy atom. The van der Waals surface area contributed by atoms with E-state index in [1.165, 1.54) is 4.90 Å². The van der Waals surface area contributed by atoms with Gasteiger partial charge in [-0.3, -0.25) is 9.59 Å². The largest absolute Gasteiger partial charge is 0.396 e. The van der Waals surface area contributed by atoms with Crippen molar-refractivity contribution in [2.24, 2.45) is 11.8 Å². The van der Waals surface area contributed by atoms with Crippen LogP contribution >= 0.6 is 23.4 Å². The molecule has 2 fully saturated rings. The molecule has 0 radical (unpaired) electrons. The number of aromatic nitrogens is 1. The molecule has 0 saturated carbocycles. The Morgan fingerprint density at radius 3 is 2.74 bits per heavy atom. The van der Waals surface area contributed by atoms with Crippen LogP contribution in [0.2, 0.25) is 0 Å². The first-order valence-corrected chi connectivity index (χ1v) is 11.9. The molecule has 1 aromatic rings. The molecular formula is C22H29ClN3O4S+. The summed E-state index contributed by atoms with van der Waals surface area (Å²) >= 11 is 7.61. The van der Waals surface area contributed by atoms with Crippen LogP contribution in [-0.2, 0) is 16.1 Å². The van der Waals surface area contributed by atoms with E-state index >= 15 is 0 Å². The molecule has 2 saturated heterocycles. The van der Waals surface area contributed by atoms with Gasteiger partial charge in [0, 0.05) is 42.1 Å². The summed E-state index contributed by atoms with van der Waals surface area (Å²) < 4.78 is 1.86. The predicted molar refractivity (Wildman–Crippen MR) is 118 cm³/mol. The van der Waals surface area contributed by atoms with Gasteiger partial charge < -0.3 is 20.4 Å². The first-order chi connectivity index (χ1) is 14.8. The van der Waals surface area contributed by atoms with Gasteiger partial charge in [-0.2, -0.15) is 0 Å². The minimum absolute atomic E-state index is 0.0884. The highest BCUT2D eigenvalue weighted by atomic mass is 35.5. The van der Waals surface area contributed by atoms with Gasteiger partial charge in [0.1, 0.15) is 5.70 Å². The number of carbonyl (C=O) groups excluding carboxylic acids is 2. The first kappa shape index (κ1) is 22.7. The maximum Gasteiger partial charge on any atom is 0.269 e. The van der Waals surface area contributed by atoms with Crippen molar-refractivity contribution < 1.29 is 24.4 Å². The van der Waals surface area contributed by atoms with Crippen molar-refractivity contribution in [3.05, 3.63) is 41.2 Å². The van der Waals surface area contributed by atoms with Gasteiger partial charge in [0.15, 0.2) is 18.9 Å². The summed E-state index contributed by atoms with van der Waals surface area (Å²) in [5.41, 5.74) is 0.272. The van der Waals surface area contributed by atoms with E-state index in [2.05, 4.69) is 9.88 Å². The van der Waals surface area contributed by atoms with E-state index in [-0.39, 0.29) is 41.0 Å². The van der Waals surface area contributed by atoms with Crippen molar-refractivity contribution in [1.82, 2.24) is 10.2 Å². The quantitative estimate of drug-likeness (QED) is 0.301. The van der Waals surface area contributed by atoms with Crippen LogP contribution in [0.3, 0.4) is 0 Å². The Morgan fingerprint density at radius 2 is 2.13 bits per heavy atom. The van der Waals surface area contributed by atoms with Gasteiger partial charge in [0.05, 0.1) is 22.8 Å². The molecule has 3 aliphatic rings. The fraction of sp³-hybridized carbons (Fsp3) is 0.591. The number of aliphatic hydroxyl groups excluding tert-OH is 2. The molecule has 1 aromatic heterocycles. The monoisotopic (exact) mass is 466 g/mol. The van der Waals surface area contributed by atoms with E-state index in [0.717, 1.165) is 11.3 Å². The number of hydrogen-bond acceptors (Lipinski definition) is 6. The normalized spacial score (nSPS) is 33.5. The molecule has 0 aliphatic carbocycles. The zero-order valence-corrected chi connectivity index (χ0v) is 19.3. The zero-order chi connectivity index (χ0) is 22.3. The Bertz CT molecular complexity index is 896. The molecule has 1 amide bonds. The molecule has 0 spiro atoms. The number of allylic oxidation sites excluding steroid dienone is 1. The minimum Gasteiger partial charge on any atom is -0.396 e. The first-order valence-electron chi connectivity index (χ1n) is 10.7. The van der Waals surface area contributed by atoms with Crippen LogP contribution in [0.4, 0.5) is 0 Å². The molecule has 3 aliphatic heterocycles. The highest BCUT2D eigenvalue weighted by Crippen LogP contribution is 2.54. The number of fused-ring (bicyclic) bond motifs is 1. The number of pyridine rings is 1. The van der Waals surface area contributed by atoms with Gasteiger partial charge in [0.25, 0.3) is 5.24 Å².